The number of carboxylic acid groups (broad SMARTS) is 1. The van der Waals surface area contributed by atoms with E-state index in [2.05, 4.69) is 95.0 Å². The number of aromatic amines is 1. The topological polar surface area (TPSA) is 693 Å². The number of unbranched alkanes of at least 4 members (excludes halogenated alkanes) is 2. The maximum absolute atomic E-state index is 14.7. The Morgan fingerprint density at radius 1 is 0.392 bits per heavy atom. The minimum Gasteiger partial charge on any atom is -0.481 e. The van der Waals surface area contributed by atoms with E-state index in [0.717, 1.165) is 0 Å². The summed E-state index contributed by atoms with van der Waals surface area (Å²) in [7, 11) is 0. The van der Waals surface area contributed by atoms with Crippen LogP contribution < -0.4 is 108 Å². The first-order valence-corrected chi connectivity index (χ1v) is 42.7. The van der Waals surface area contributed by atoms with Crippen LogP contribution in [0.1, 0.15) is 185 Å². The molecule has 43 nitrogen and oxygen atoms in total. The number of aliphatic hydroxyl groups is 2. The lowest BCUT2D eigenvalue weighted by Crippen LogP contribution is -2.62. The number of imidazole rings is 1. The van der Waals surface area contributed by atoms with Crippen molar-refractivity contribution in [2.45, 2.75) is 277 Å². The van der Waals surface area contributed by atoms with Crippen molar-refractivity contribution in [2.24, 2.45) is 58.4 Å². The number of rotatable bonds is 60. The summed E-state index contributed by atoms with van der Waals surface area (Å²) in [6, 6.07) is -13.2. The number of nitrogens with zero attached hydrogens (tertiary/aromatic N) is 1. The maximum atomic E-state index is 14.7. The van der Waals surface area contributed by atoms with Crippen molar-refractivity contribution < 1.29 is 102 Å². The SMILES string of the molecule is CC[C@H](C)[C@H](NC(=O)[C@H](CO)NC(=O)[C@H](CO)NC(=O)[C@H](C)NC(=O)[C@@H](NC(=O)[C@H](Cc1cnc[nH]1)NC(=O)CNC(=O)[C@H](C)NC(=O)[C@@H](NC(=O)[C@H](CCCCN)NC(=O)[C@H](CCCCN)NC(=O)[C@@H](NC(=O)[C@@H](NC(=O)[C@H](CC(=O)O)NC(=O)[C@H](Cc1ccccc1)NC(=O)[C@H](CC(C)C)NC(=O)CN)[C@@H](C)CC)C(C)C)[C@@H](C)CC)[C@@H](C)CC)C(N)=O. The fourth-order valence-corrected chi connectivity index (χ4v) is 12.7. The number of amides is 17. The molecule has 1 aromatic heterocycles. The highest BCUT2D eigenvalue weighted by atomic mass is 16.4. The number of hydrogen-bond acceptors (Lipinski definition) is 24. The average molecular weight is 1770 g/mol. The quantitative estimate of drug-likeness (QED) is 0.0275. The van der Waals surface area contributed by atoms with Crippen LogP contribution in [0.4, 0.5) is 0 Å². The first-order chi connectivity index (χ1) is 59.0. The molecule has 19 atom stereocenters. The molecule has 0 unspecified atom stereocenters. The molecule has 125 heavy (non-hydrogen) atoms. The third kappa shape index (κ3) is 38.8. The Labute approximate surface area is 729 Å². The van der Waals surface area contributed by atoms with Gasteiger partial charge in [0.05, 0.1) is 39.1 Å². The molecule has 0 saturated carbocycles. The van der Waals surface area contributed by atoms with Gasteiger partial charge in [0.15, 0.2) is 0 Å². The number of carbonyl (C=O) groups is 18. The van der Waals surface area contributed by atoms with Gasteiger partial charge in [-0.2, -0.15) is 0 Å². The minimum atomic E-state index is -1.85. The van der Waals surface area contributed by atoms with Gasteiger partial charge in [-0.1, -0.05) is 139 Å². The number of H-pyrrole nitrogens is 1. The van der Waals surface area contributed by atoms with Gasteiger partial charge in [-0.3, -0.25) is 86.3 Å². The molecule has 17 amide bonds. The first kappa shape index (κ1) is 110. The normalized spacial score (nSPS) is 15.8. The van der Waals surface area contributed by atoms with Crippen molar-refractivity contribution in [3.8, 4) is 0 Å². The van der Waals surface area contributed by atoms with Gasteiger partial charge in [0, 0.05) is 24.7 Å². The molecule has 0 radical (unpaired) electrons. The van der Waals surface area contributed by atoms with E-state index in [4.69, 9.17) is 22.9 Å². The lowest BCUT2D eigenvalue weighted by molar-refractivity contribution is -0.142. The van der Waals surface area contributed by atoms with Crippen LogP contribution in [0, 0.1) is 35.5 Å². The smallest absolute Gasteiger partial charge is 0.305 e. The Kier molecular flexibility index (Phi) is 50.3. The third-order valence-electron chi connectivity index (χ3n) is 21.3. The molecule has 43 heteroatoms. The van der Waals surface area contributed by atoms with E-state index in [1.54, 1.807) is 99.6 Å². The Bertz CT molecular complexity index is 3860. The van der Waals surface area contributed by atoms with Crippen molar-refractivity contribution in [3.05, 3.63) is 54.1 Å². The molecule has 0 saturated heterocycles. The van der Waals surface area contributed by atoms with Gasteiger partial charge in [-0.25, -0.2) is 4.98 Å². The molecule has 0 spiro atoms. The maximum Gasteiger partial charge on any atom is 0.305 e. The van der Waals surface area contributed by atoms with E-state index in [1.807, 2.05) is 13.8 Å². The van der Waals surface area contributed by atoms with E-state index >= 15 is 0 Å². The van der Waals surface area contributed by atoms with Gasteiger partial charge in [-0.05, 0) is 113 Å². The van der Waals surface area contributed by atoms with Gasteiger partial charge in [0.1, 0.15) is 90.6 Å². The van der Waals surface area contributed by atoms with Crippen LogP contribution in [0.25, 0.3) is 0 Å². The first-order valence-electron chi connectivity index (χ1n) is 42.7. The summed E-state index contributed by atoms with van der Waals surface area (Å²) in [6.45, 7) is 19.9. The molecule has 0 aliphatic heterocycles. The van der Waals surface area contributed by atoms with Crippen molar-refractivity contribution in [1.29, 1.82) is 0 Å². The largest absolute Gasteiger partial charge is 0.481 e. The predicted molar refractivity (Wildman–Crippen MR) is 458 cm³/mol. The van der Waals surface area contributed by atoms with Crippen molar-refractivity contribution in [3.63, 3.8) is 0 Å². The summed E-state index contributed by atoms with van der Waals surface area (Å²) >= 11 is 0. The fourth-order valence-electron chi connectivity index (χ4n) is 12.7. The number of aliphatic hydroxyl groups excluding tert-OH is 2. The number of nitrogens with two attached hydrogens (primary N) is 4. The van der Waals surface area contributed by atoms with Crippen LogP contribution in [0.15, 0.2) is 42.9 Å². The van der Waals surface area contributed by atoms with Gasteiger partial charge in [0.25, 0.3) is 0 Å². The highest BCUT2D eigenvalue weighted by molar-refractivity contribution is 6.01. The summed E-state index contributed by atoms with van der Waals surface area (Å²) in [5, 5.41) is 70.6. The lowest BCUT2D eigenvalue weighted by Gasteiger charge is -2.31. The highest BCUT2D eigenvalue weighted by Crippen LogP contribution is 2.18. The molecule has 2 aromatic rings. The molecule has 0 bridgehead atoms. The van der Waals surface area contributed by atoms with Gasteiger partial charge in [0.2, 0.25) is 100 Å². The summed E-state index contributed by atoms with van der Waals surface area (Å²) in [5.74, 6) is -20.2. The molecule has 702 valence electrons. The summed E-state index contributed by atoms with van der Waals surface area (Å²) in [4.78, 5) is 254. The number of carbonyl (C=O) groups excluding carboxylic acids is 17. The standard InChI is InChI=1S/C82H138N22O21/c1-15-44(9)64(68(86)111)101-78(121)59(40-106)99-77(120)58(39-105)98-70(113)49(14)91-81(124)66(46(11)17-3)103-75(118)56(34-51-37-87-41-89-51)93-61(108)38-88-69(112)48(13)90-80(123)65(45(10)16-2)102-72(115)53(29-23-25-31-84)94-71(114)52(28-22-24-30-83)95-79(122)63(43(7)8)100-82(125)67(47(12)18-4)104-76(119)57(35-62(109)110)97-74(117)55(33-50-26-20-19-21-27-50)96-73(116)54(32-42(5)6)92-60(107)36-85/h19-21,26-27,37,41-49,52-59,63-67,105-106H,15-18,22-25,28-36,38-40,83-85H2,1-14H3,(H2,86,111)(H,87,89)(H,88,112)(H,90,123)(H,91,124)(H,92,107)(H,93,108)(H,94,114)(H,95,122)(H,96,116)(H,97,117)(H,98,113)(H,99,120)(H,100,125)(H,101,121)(H,102,115)(H,103,118)(H,104,119)(H,109,110)/t44-,45-,46-,47-,48-,49-,52-,53-,54-,55-,56-,57-,58-,59-,63-,64-,65-,66-,67-/m0/s1. The van der Waals surface area contributed by atoms with E-state index in [0.29, 0.717) is 36.9 Å². The summed E-state index contributed by atoms with van der Waals surface area (Å²) in [5.41, 5.74) is 23.6. The van der Waals surface area contributed by atoms with Gasteiger partial charge >= 0.3 is 5.97 Å². The van der Waals surface area contributed by atoms with Crippen molar-refractivity contribution in [1.82, 2.24) is 95.0 Å². The van der Waals surface area contributed by atoms with Crippen LogP contribution in [-0.2, 0) is 99.1 Å². The number of carboxylic acids is 1. The number of benzene rings is 1. The molecule has 0 fully saturated rings. The molecule has 0 aliphatic carbocycles. The van der Waals surface area contributed by atoms with E-state index in [-0.39, 0.29) is 76.8 Å². The summed E-state index contributed by atoms with van der Waals surface area (Å²) in [6.07, 6.45) is 3.94. The fraction of sp³-hybridized carbons (Fsp3) is 0.671. The Morgan fingerprint density at radius 3 is 1.21 bits per heavy atom. The number of aliphatic carboxylic acids is 1. The molecule has 28 N–H and O–H groups in total. The Hall–Kier alpha value is -11.3. The highest BCUT2D eigenvalue weighted by Gasteiger charge is 2.41. The summed E-state index contributed by atoms with van der Waals surface area (Å²) < 4.78 is 0. The average Bonchev–Trinajstić information content (AvgIpc) is 1.02. The zero-order valence-corrected chi connectivity index (χ0v) is 74.3. The zero-order chi connectivity index (χ0) is 94.5. The minimum absolute atomic E-state index is 0.0307. The molecule has 2 rings (SSSR count). The van der Waals surface area contributed by atoms with E-state index < -0.39 is 259 Å². The monoisotopic (exact) mass is 1770 g/mol. The Balaban J connectivity index is 2.37. The molecule has 1 heterocycles. The Morgan fingerprint density at radius 2 is 0.760 bits per heavy atom. The molecular formula is C82H138N22O21. The van der Waals surface area contributed by atoms with Crippen LogP contribution in [0.2, 0.25) is 0 Å². The van der Waals surface area contributed by atoms with Crippen LogP contribution in [-0.4, -0.2) is 262 Å². The number of nitrogens with one attached hydrogen (secondary N) is 17. The second kappa shape index (κ2) is 57.3. The zero-order valence-electron chi connectivity index (χ0n) is 74.3. The molecule has 1 aromatic carbocycles. The number of aromatic nitrogens is 2. The van der Waals surface area contributed by atoms with Crippen molar-refractivity contribution in [2.75, 3.05) is 39.4 Å². The molecule has 0 aliphatic rings. The van der Waals surface area contributed by atoms with Crippen LogP contribution in [0.5, 0.6) is 0 Å². The van der Waals surface area contributed by atoms with E-state index in [1.165, 1.54) is 26.4 Å². The second-order valence-corrected chi connectivity index (χ2v) is 32.2. The lowest BCUT2D eigenvalue weighted by atomic mass is 9.95. The molecular weight excluding hydrogens is 1630 g/mol. The van der Waals surface area contributed by atoms with Gasteiger partial charge < -0.3 is 128 Å². The predicted octanol–water partition coefficient (Wildman–Crippen LogP) is -5.33. The van der Waals surface area contributed by atoms with E-state index in [9.17, 15) is 102 Å². The number of primary amides is 1. The van der Waals surface area contributed by atoms with Crippen molar-refractivity contribution >= 4 is 106 Å². The van der Waals surface area contributed by atoms with Crippen LogP contribution >= 0.6 is 0 Å². The third-order valence-corrected chi connectivity index (χ3v) is 21.3. The number of hydrogen-bond donors (Lipinski definition) is 24. The van der Waals surface area contributed by atoms with Gasteiger partial charge in [-0.15, -0.1) is 0 Å². The second-order valence-electron chi connectivity index (χ2n) is 32.2. The van der Waals surface area contributed by atoms with Crippen LogP contribution in [0.3, 0.4) is 0 Å².